The normalized spacial score (nSPS) is 25.5. The smallest absolute Gasteiger partial charge is 0.225 e. The van der Waals surface area contributed by atoms with Crippen LogP contribution < -0.4 is 4.90 Å². The van der Waals surface area contributed by atoms with Gasteiger partial charge >= 0.3 is 0 Å². The number of aromatic nitrogens is 3. The molecular formula is C23H31N5O2. The quantitative estimate of drug-likeness (QED) is 0.752. The number of pyridine rings is 1. The van der Waals surface area contributed by atoms with Gasteiger partial charge in [0.2, 0.25) is 5.95 Å². The molecule has 2 atom stereocenters. The summed E-state index contributed by atoms with van der Waals surface area (Å²) in [6.45, 7) is 8.41. The molecule has 5 heterocycles. The number of anilines is 1. The minimum Gasteiger partial charge on any atom is -0.381 e. The Labute approximate surface area is 178 Å². The predicted octanol–water partition coefficient (Wildman–Crippen LogP) is 2.59. The van der Waals surface area contributed by atoms with Crippen molar-refractivity contribution >= 4 is 5.95 Å². The third-order valence-electron chi connectivity index (χ3n) is 6.52. The summed E-state index contributed by atoms with van der Waals surface area (Å²) in [5.41, 5.74) is 3.48. The molecule has 3 saturated heterocycles. The van der Waals surface area contributed by atoms with Crippen LogP contribution in [-0.2, 0) is 9.47 Å². The zero-order valence-electron chi connectivity index (χ0n) is 17.6. The first-order chi connectivity index (χ1) is 14.9. The number of rotatable bonds is 5. The highest BCUT2D eigenvalue weighted by Crippen LogP contribution is 2.34. The minimum absolute atomic E-state index is 0.423. The van der Waals surface area contributed by atoms with Crippen molar-refractivity contribution in [2.75, 3.05) is 64.1 Å². The van der Waals surface area contributed by atoms with Crippen LogP contribution in [0.25, 0.3) is 11.1 Å². The Morgan fingerprint density at radius 3 is 2.67 bits per heavy atom. The van der Waals surface area contributed by atoms with Crippen molar-refractivity contribution in [3.05, 3.63) is 36.4 Å². The lowest BCUT2D eigenvalue weighted by atomic mass is 9.89. The van der Waals surface area contributed by atoms with Crippen molar-refractivity contribution in [2.24, 2.45) is 5.92 Å². The number of nitrogens with zero attached hydrogens (tertiary/aromatic N) is 5. The first-order valence-corrected chi connectivity index (χ1v) is 11.3. The van der Waals surface area contributed by atoms with Crippen LogP contribution in [0.5, 0.6) is 0 Å². The Balaban J connectivity index is 1.42. The van der Waals surface area contributed by atoms with Gasteiger partial charge in [0.05, 0.1) is 25.5 Å². The van der Waals surface area contributed by atoms with Gasteiger partial charge in [-0.2, -0.15) is 0 Å². The summed E-state index contributed by atoms with van der Waals surface area (Å²) < 4.78 is 11.1. The number of likely N-dealkylation sites (tertiary alicyclic amines) is 1. The van der Waals surface area contributed by atoms with Gasteiger partial charge in [-0.3, -0.25) is 4.98 Å². The second-order valence-corrected chi connectivity index (χ2v) is 8.63. The van der Waals surface area contributed by atoms with Crippen molar-refractivity contribution in [1.29, 1.82) is 0 Å². The van der Waals surface area contributed by atoms with Crippen LogP contribution in [0.2, 0.25) is 0 Å². The molecule has 0 amide bonds. The molecule has 0 N–H and O–H groups in total. The third kappa shape index (κ3) is 4.48. The molecule has 3 aliphatic rings. The number of ether oxygens (including phenoxy) is 2. The molecule has 2 aromatic rings. The summed E-state index contributed by atoms with van der Waals surface area (Å²) in [6, 6.07) is 4.13. The molecule has 160 valence electrons. The van der Waals surface area contributed by atoms with E-state index in [0.717, 1.165) is 69.7 Å². The summed E-state index contributed by atoms with van der Waals surface area (Å²) >= 11 is 0. The average molecular weight is 410 g/mol. The van der Waals surface area contributed by atoms with E-state index in [2.05, 4.69) is 26.9 Å². The zero-order chi connectivity index (χ0) is 20.2. The second-order valence-electron chi connectivity index (χ2n) is 8.63. The third-order valence-corrected chi connectivity index (χ3v) is 6.52. The zero-order valence-corrected chi connectivity index (χ0v) is 17.6. The van der Waals surface area contributed by atoms with Gasteiger partial charge in [-0.05, 0) is 49.4 Å². The minimum atomic E-state index is 0.423. The lowest BCUT2D eigenvalue weighted by molar-refractivity contribution is 0.122. The second kappa shape index (κ2) is 9.37. The summed E-state index contributed by atoms with van der Waals surface area (Å²) in [4.78, 5) is 19.0. The van der Waals surface area contributed by atoms with E-state index in [-0.39, 0.29) is 0 Å². The molecule has 0 saturated carbocycles. The van der Waals surface area contributed by atoms with E-state index in [1.54, 1.807) is 0 Å². The Hall–Kier alpha value is -2.09. The van der Waals surface area contributed by atoms with Crippen LogP contribution >= 0.6 is 0 Å². The van der Waals surface area contributed by atoms with Crippen molar-refractivity contribution < 1.29 is 9.47 Å². The summed E-state index contributed by atoms with van der Waals surface area (Å²) in [5, 5.41) is 0. The maximum atomic E-state index is 5.60. The Morgan fingerprint density at radius 1 is 1.00 bits per heavy atom. The Bertz CT molecular complexity index is 822. The van der Waals surface area contributed by atoms with Crippen LogP contribution in [0.1, 0.15) is 30.9 Å². The SMILES string of the molecule is c1cc(-c2cnc(N3CCOCC3)nc2[C@H]2CCCN(C[C@H]3CCOC3)C2)ccn1. The van der Waals surface area contributed by atoms with E-state index in [0.29, 0.717) is 11.8 Å². The lowest BCUT2D eigenvalue weighted by Gasteiger charge is -2.35. The molecule has 0 spiro atoms. The van der Waals surface area contributed by atoms with Crippen LogP contribution in [-0.4, -0.2) is 79.0 Å². The Morgan fingerprint density at radius 2 is 1.87 bits per heavy atom. The standard InChI is InChI=1S/C23H31N5O2/c1-2-20(16-27(8-1)15-18-5-11-30-17-18)22-21(19-3-6-24-7-4-19)14-25-23(26-22)28-9-12-29-13-10-28/h3-4,6-7,14,18,20H,1-2,5,8-13,15-17H2/t18-,20+/m1/s1. The van der Waals surface area contributed by atoms with Gasteiger partial charge in [-0.15, -0.1) is 0 Å². The summed E-state index contributed by atoms with van der Waals surface area (Å²) in [5.74, 6) is 1.94. The molecule has 7 nitrogen and oxygen atoms in total. The van der Waals surface area contributed by atoms with E-state index in [1.807, 2.05) is 18.6 Å². The van der Waals surface area contributed by atoms with Crippen LogP contribution in [0.3, 0.4) is 0 Å². The molecule has 3 fully saturated rings. The summed E-state index contributed by atoms with van der Waals surface area (Å²) in [7, 11) is 0. The molecule has 0 radical (unpaired) electrons. The lowest BCUT2D eigenvalue weighted by Crippen LogP contribution is -2.39. The van der Waals surface area contributed by atoms with E-state index in [9.17, 15) is 0 Å². The molecule has 30 heavy (non-hydrogen) atoms. The van der Waals surface area contributed by atoms with Crippen LogP contribution in [0, 0.1) is 5.92 Å². The molecule has 3 aliphatic heterocycles. The first-order valence-electron chi connectivity index (χ1n) is 11.3. The monoisotopic (exact) mass is 409 g/mol. The van der Waals surface area contributed by atoms with Gasteiger partial charge in [0.15, 0.2) is 0 Å². The molecule has 0 aliphatic carbocycles. The average Bonchev–Trinajstić information content (AvgIpc) is 3.33. The largest absolute Gasteiger partial charge is 0.381 e. The van der Waals surface area contributed by atoms with Crippen molar-refractivity contribution in [3.8, 4) is 11.1 Å². The molecule has 0 aromatic carbocycles. The predicted molar refractivity (Wildman–Crippen MR) is 116 cm³/mol. The summed E-state index contributed by atoms with van der Waals surface area (Å²) in [6.07, 6.45) is 9.30. The van der Waals surface area contributed by atoms with Gasteiger partial charge in [-0.25, -0.2) is 9.97 Å². The molecular weight excluding hydrogens is 378 g/mol. The van der Waals surface area contributed by atoms with E-state index < -0.39 is 0 Å². The number of morpholine rings is 1. The van der Waals surface area contributed by atoms with Crippen molar-refractivity contribution in [3.63, 3.8) is 0 Å². The maximum absolute atomic E-state index is 5.60. The Kier molecular flexibility index (Phi) is 6.20. The molecule has 7 heteroatoms. The van der Waals surface area contributed by atoms with Crippen molar-refractivity contribution in [2.45, 2.75) is 25.2 Å². The van der Waals surface area contributed by atoms with E-state index in [4.69, 9.17) is 19.4 Å². The topological polar surface area (TPSA) is 63.6 Å². The fourth-order valence-electron chi connectivity index (χ4n) is 4.90. The highest BCUT2D eigenvalue weighted by molar-refractivity contribution is 5.66. The molecule has 0 bridgehead atoms. The van der Waals surface area contributed by atoms with Gasteiger partial charge in [-0.1, -0.05) is 0 Å². The molecule has 5 rings (SSSR count). The van der Waals surface area contributed by atoms with Crippen LogP contribution in [0.4, 0.5) is 5.95 Å². The number of hydrogen-bond donors (Lipinski definition) is 0. The highest BCUT2D eigenvalue weighted by Gasteiger charge is 2.29. The highest BCUT2D eigenvalue weighted by atomic mass is 16.5. The van der Waals surface area contributed by atoms with Crippen molar-refractivity contribution in [1.82, 2.24) is 19.9 Å². The van der Waals surface area contributed by atoms with Crippen LogP contribution in [0.15, 0.2) is 30.7 Å². The van der Waals surface area contributed by atoms with Gasteiger partial charge in [0, 0.05) is 62.9 Å². The first kappa shape index (κ1) is 19.8. The van der Waals surface area contributed by atoms with Gasteiger partial charge < -0.3 is 19.3 Å². The van der Waals surface area contributed by atoms with E-state index >= 15 is 0 Å². The maximum Gasteiger partial charge on any atom is 0.225 e. The molecule has 2 aromatic heterocycles. The fourth-order valence-corrected chi connectivity index (χ4v) is 4.90. The van der Waals surface area contributed by atoms with Gasteiger partial charge in [0.25, 0.3) is 0 Å². The van der Waals surface area contributed by atoms with Gasteiger partial charge in [0.1, 0.15) is 0 Å². The molecule has 0 unspecified atom stereocenters. The number of hydrogen-bond acceptors (Lipinski definition) is 7. The number of piperidine rings is 1. The fraction of sp³-hybridized carbons (Fsp3) is 0.609. The van der Waals surface area contributed by atoms with E-state index in [1.165, 1.54) is 31.5 Å².